The molecule has 0 bridgehead atoms. The van der Waals surface area contributed by atoms with Gasteiger partial charge in [0.25, 0.3) is 0 Å². The number of nitrogens with zero attached hydrogens (tertiary/aromatic N) is 1. The molecule has 0 atom stereocenters. The molecule has 0 radical (unpaired) electrons. The van der Waals surface area contributed by atoms with E-state index in [0.717, 1.165) is 11.3 Å². The lowest BCUT2D eigenvalue weighted by Gasteiger charge is -2.00. The van der Waals surface area contributed by atoms with Crippen molar-refractivity contribution in [2.45, 2.75) is 13.5 Å². The highest BCUT2D eigenvalue weighted by atomic mass is 32.1. The molecule has 1 heterocycles. The summed E-state index contributed by atoms with van der Waals surface area (Å²) < 4.78 is 5.47. The van der Waals surface area contributed by atoms with Crippen LogP contribution in [0.3, 0.4) is 0 Å². The number of benzene rings is 1. The Morgan fingerprint density at radius 2 is 2.38 bits per heavy atom. The second-order valence-electron chi connectivity index (χ2n) is 2.87. The number of aromatic nitrogens is 1. The Morgan fingerprint density at radius 3 is 3.15 bits per heavy atom. The fourth-order valence-corrected chi connectivity index (χ4v) is 2.27. The van der Waals surface area contributed by atoms with E-state index in [-0.39, 0.29) is 0 Å². The largest absolute Gasteiger partial charge is 0.300 e. The molecule has 0 saturated heterocycles. The molecule has 0 fully saturated rings. The fraction of sp³-hybridized carbons (Fsp3) is 0.222. The van der Waals surface area contributed by atoms with E-state index in [1.165, 1.54) is 21.6 Å². The van der Waals surface area contributed by atoms with Crippen LogP contribution in [0.5, 0.6) is 0 Å². The number of fused-ring (bicyclic) bond motifs is 1. The average molecular weight is 194 g/mol. The molecule has 1 aromatic carbocycles. The molecule has 1 aromatic heterocycles. The number of hydrogen-bond acceptors (Lipinski definition) is 4. The second-order valence-corrected chi connectivity index (χ2v) is 3.67. The summed E-state index contributed by atoms with van der Waals surface area (Å²) in [5.41, 5.74) is 2.15. The minimum atomic E-state index is 0.441. The summed E-state index contributed by atoms with van der Waals surface area (Å²) in [6.07, 6.45) is 0. The third kappa shape index (κ3) is 1.44. The zero-order chi connectivity index (χ0) is 9.26. The highest BCUT2D eigenvalue weighted by Crippen LogP contribution is 2.25. The van der Waals surface area contributed by atoms with Gasteiger partial charge in [-0.1, -0.05) is 12.1 Å². The summed E-state index contributed by atoms with van der Waals surface area (Å²) in [6, 6.07) is 6.06. The summed E-state index contributed by atoms with van der Waals surface area (Å²) >= 11 is 1.51. The molecule has 0 saturated carbocycles. The van der Waals surface area contributed by atoms with Crippen LogP contribution in [-0.4, -0.2) is 4.37 Å². The molecule has 0 aliphatic rings. The van der Waals surface area contributed by atoms with Gasteiger partial charge in [-0.25, -0.2) is 5.90 Å². The summed E-state index contributed by atoms with van der Waals surface area (Å²) in [4.78, 5) is 4.64. The topological polar surface area (TPSA) is 48.1 Å². The lowest BCUT2D eigenvalue weighted by atomic mass is 10.1. The molecule has 0 amide bonds. The lowest BCUT2D eigenvalue weighted by Crippen LogP contribution is -1.99. The number of hydrogen-bond donors (Lipinski definition) is 1. The summed E-state index contributed by atoms with van der Waals surface area (Å²) in [6.45, 7) is 2.44. The van der Waals surface area contributed by atoms with Crippen LogP contribution in [0.1, 0.15) is 11.3 Å². The number of aryl methyl sites for hydroxylation is 1. The Balaban J connectivity index is 2.65. The zero-order valence-electron chi connectivity index (χ0n) is 7.28. The van der Waals surface area contributed by atoms with E-state index < -0.39 is 0 Å². The van der Waals surface area contributed by atoms with Gasteiger partial charge in [-0.05, 0) is 30.1 Å². The van der Waals surface area contributed by atoms with Crippen molar-refractivity contribution in [3.8, 4) is 0 Å². The van der Waals surface area contributed by atoms with Gasteiger partial charge in [0.2, 0.25) is 0 Å². The van der Waals surface area contributed by atoms with Crippen LogP contribution in [0.15, 0.2) is 18.2 Å². The number of nitrogens with two attached hydrogens (primary N) is 1. The molecule has 0 spiro atoms. The van der Waals surface area contributed by atoms with Crippen LogP contribution in [0, 0.1) is 6.92 Å². The van der Waals surface area contributed by atoms with E-state index in [1.54, 1.807) is 0 Å². The maximum absolute atomic E-state index is 5.05. The van der Waals surface area contributed by atoms with Crippen LogP contribution in [0.25, 0.3) is 10.1 Å². The molecule has 0 aliphatic carbocycles. The van der Waals surface area contributed by atoms with Crippen molar-refractivity contribution in [2.75, 3.05) is 0 Å². The second kappa shape index (κ2) is 3.41. The molecule has 13 heavy (non-hydrogen) atoms. The molecular formula is C9H10N2OS. The molecule has 2 rings (SSSR count). The van der Waals surface area contributed by atoms with Crippen LogP contribution in [0.4, 0.5) is 0 Å². The average Bonchev–Trinajstić information content (AvgIpc) is 2.50. The SMILES string of the molecule is Cc1nsc2cccc(CON)c12. The Morgan fingerprint density at radius 1 is 1.54 bits per heavy atom. The first-order valence-electron chi connectivity index (χ1n) is 3.98. The first-order chi connectivity index (χ1) is 6.33. The number of rotatable bonds is 2. The minimum absolute atomic E-state index is 0.441. The molecule has 2 N–H and O–H groups in total. The van der Waals surface area contributed by atoms with E-state index in [1.807, 2.05) is 19.1 Å². The van der Waals surface area contributed by atoms with Crippen molar-refractivity contribution in [1.29, 1.82) is 0 Å². The predicted molar refractivity (Wildman–Crippen MR) is 53.3 cm³/mol. The van der Waals surface area contributed by atoms with Crippen molar-refractivity contribution < 1.29 is 4.84 Å². The van der Waals surface area contributed by atoms with Crippen molar-refractivity contribution in [3.63, 3.8) is 0 Å². The summed E-state index contributed by atoms with van der Waals surface area (Å²) in [5.74, 6) is 5.05. The molecule has 0 aliphatic heterocycles. The standard InChI is InChI=1S/C9H10N2OS/c1-6-9-7(5-12-10)3-2-4-8(9)13-11-6/h2-4H,5,10H2,1H3. The summed E-state index contributed by atoms with van der Waals surface area (Å²) in [7, 11) is 0. The summed E-state index contributed by atoms with van der Waals surface area (Å²) in [5, 5.41) is 1.18. The van der Waals surface area contributed by atoms with Crippen LogP contribution in [0.2, 0.25) is 0 Å². The Kier molecular flexibility index (Phi) is 2.26. The van der Waals surface area contributed by atoms with Gasteiger partial charge in [-0.2, -0.15) is 4.37 Å². The van der Waals surface area contributed by atoms with Crippen molar-refractivity contribution in [1.82, 2.24) is 4.37 Å². The van der Waals surface area contributed by atoms with Crippen LogP contribution >= 0.6 is 11.5 Å². The monoisotopic (exact) mass is 194 g/mol. The van der Waals surface area contributed by atoms with E-state index in [2.05, 4.69) is 15.3 Å². The molecule has 68 valence electrons. The van der Waals surface area contributed by atoms with Gasteiger partial charge < -0.3 is 0 Å². The highest BCUT2D eigenvalue weighted by Gasteiger charge is 2.06. The third-order valence-corrected chi connectivity index (χ3v) is 2.90. The van der Waals surface area contributed by atoms with Gasteiger partial charge in [-0.15, -0.1) is 0 Å². The van der Waals surface area contributed by atoms with Gasteiger partial charge in [0, 0.05) is 5.39 Å². The first kappa shape index (κ1) is 8.62. The third-order valence-electron chi connectivity index (χ3n) is 1.99. The van der Waals surface area contributed by atoms with E-state index in [0.29, 0.717) is 6.61 Å². The highest BCUT2D eigenvalue weighted by molar-refractivity contribution is 7.13. The maximum atomic E-state index is 5.05. The van der Waals surface area contributed by atoms with Gasteiger partial charge in [0.05, 0.1) is 17.0 Å². The molecular weight excluding hydrogens is 184 g/mol. The van der Waals surface area contributed by atoms with E-state index in [9.17, 15) is 0 Å². The fourth-order valence-electron chi connectivity index (χ4n) is 1.44. The predicted octanol–water partition coefficient (Wildman–Crippen LogP) is 2.00. The maximum Gasteiger partial charge on any atom is 0.0937 e. The van der Waals surface area contributed by atoms with Crippen molar-refractivity contribution >= 4 is 21.6 Å². The van der Waals surface area contributed by atoms with Gasteiger partial charge >= 0.3 is 0 Å². The molecule has 2 aromatic rings. The van der Waals surface area contributed by atoms with Gasteiger partial charge in [-0.3, -0.25) is 4.84 Å². The first-order valence-corrected chi connectivity index (χ1v) is 4.76. The normalized spacial score (nSPS) is 10.9. The Bertz CT molecular complexity index is 424. The lowest BCUT2D eigenvalue weighted by molar-refractivity contribution is 0.125. The quantitative estimate of drug-likeness (QED) is 0.744. The molecule has 0 unspecified atom stereocenters. The molecule has 4 heteroatoms. The Hall–Kier alpha value is -0.970. The van der Waals surface area contributed by atoms with Crippen LogP contribution in [-0.2, 0) is 11.4 Å². The smallest absolute Gasteiger partial charge is 0.0937 e. The zero-order valence-corrected chi connectivity index (χ0v) is 8.10. The van der Waals surface area contributed by atoms with Gasteiger partial charge in [0.1, 0.15) is 0 Å². The molecule has 3 nitrogen and oxygen atoms in total. The van der Waals surface area contributed by atoms with E-state index >= 15 is 0 Å². The Labute approximate surface area is 80.3 Å². The van der Waals surface area contributed by atoms with Crippen molar-refractivity contribution in [2.24, 2.45) is 5.90 Å². The van der Waals surface area contributed by atoms with E-state index in [4.69, 9.17) is 5.90 Å². The van der Waals surface area contributed by atoms with Crippen LogP contribution < -0.4 is 5.90 Å². The minimum Gasteiger partial charge on any atom is -0.300 e. The van der Waals surface area contributed by atoms with Crippen molar-refractivity contribution in [3.05, 3.63) is 29.5 Å². The van der Waals surface area contributed by atoms with Gasteiger partial charge in [0.15, 0.2) is 0 Å².